The van der Waals surface area contributed by atoms with Crippen molar-refractivity contribution in [2.75, 3.05) is 6.54 Å². The molecule has 21 heavy (non-hydrogen) atoms. The Labute approximate surface area is 143 Å². The van der Waals surface area contributed by atoms with Gasteiger partial charge in [-0.15, -0.1) is 0 Å². The first-order valence-corrected chi connectivity index (χ1v) is 7.73. The molecular weight excluding hydrogens is 352 g/mol. The lowest BCUT2D eigenvalue weighted by Gasteiger charge is -2.23. The fourth-order valence-corrected chi connectivity index (χ4v) is 2.86. The molecule has 6 heteroatoms. The molecule has 2 aromatic rings. The van der Waals surface area contributed by atoms with Crippen LogP contribution in [-0.2, 0) is 0 Å². The molecule has 0 saturated carbocycles. The Hall–Kier alpha value is -0.480. The second kappa shape index (κ2) is 7.19. The van der Waals surface area contributed by atoms with Crippen molar-refractivity contribution in [2.24, 2.45) is 5.73 Å². The van der Waals surface area contributed by atoms with E-state index >= 15 is 0 Å². The molecule has 0 radical (unpaired) electrons. The second-order valence-electron chi connectivity index (χ2n) is 4.63. The molecule has 0 bridgehead atoms. The molecule has 112 valence electrons. The van der Waals surface area contributed by atoms with Gasteiger partial charge < -0.3 is 10.8 Å². The highest BCUT2D eigenvalue weighted by molar-refractivity contribution is 6.42. The summed E-state index contributed by atoms with van der Waals surface area (Å²) in [5.41, 5.74) is 7.13. The Morgan fingerprint density at radius 1 is 0.905 bits per heavy atom. The van der Waals surface area contributed by atoms with E-state index in [9.17, 15) is 5.11 Å². The van der Waals surface area contributed by atoms with Crippen molar-refractivity contribution in [3.8, 4) is 0 Å². The summed E-state index contributed by atoms with van der Waals surface area (Å²) < 4.78 is 0. The molecule has 2 atom stereocenters. The van der Waals surface area contributed by atoms with Gasteiger partial charge in [0.25, 0.3) is 0 Å². The highest BCUT2D eigenvalue weighted by Gasteiger charge is 2.24. The van der Waals surface area contributed by atoms with E-state index in [0.29, 0.717) is 25.7 Å². The molecule has 0 aliphatic rings. The third-order valence-corrected chi connectivity index (χ3v) is 4.60. The standard InChI is InChI=1S/C15H13Cl4NO/c16-9-2-4-12(17)10(6-9)15(21)11(7-20)8-1-3-13(18)14(19)5-8/h1-6,11,15,21H,7,20H2. The van der Waals surface area contributed by atoms with Crippen molar-refractivity contribution in [3.05, 3.63) is 67.6 Å². The van der Waals surface area contributed by atoms with Crippen molar-refractivity contribution in [1.29, 1.82) is 0 Å². The quantitative estimate of drug-likeness (QED) is 0.794. The predicted molar refractivity (Wildman–Crippen MR) is 89.7 cm³/mol. The fourth-order valence-electron chi connectivity index (χ4n) is 2.15. The van der Waals surface area contributed by atoms with E-state index in [-0.39, 0.29) is 12.5 Å². The maximum Gasteiger partial charge on any atom is 0.0885 e. The first-order chi connectivity index (χ1) is 9.93. The van der Waals surface area contributed by atoms with Crippen LogP contribution in [0.1, 0.15) is 23.1 Å². The fraction of sp³-hybridized carbons (Fsp3) is 0.200. The van der Waals surface area contributed by atoms with Gasteiger partial charge in [0.1, 0.15) is 0 Å². The minimum absolute atomic E-state index is 0.224. The summed E-state index contributed by atoms with van der Waals surface area (Å²) in [5.74, 6) is -0.365. The van der Waals surface area contributed by atoms with E-state index in [1.54, 1.807) is 36.4 Å². The van der Waals surface area contributed by atoms with Gasteiger partial charge in [0, 0.05) is 28.1 Å². The van der Waals surface area contributed by atoms with E-state index in [1.165, 1.54) is 0 Å². The number of hydrogen-bond acceptors (Lipinski definition) is 2. The molecule has 0 aliphatic carbocycles. The second-order valence-corrected chi connectivity index (χ2v) is 6.28. The van der Waals surface area contributed by atoms with Crippen LogP contribution in [-0.4, -0.2) is 11.7 Å². The molecule has 0 heterocycles. The number of rotatable bonds is 4. The number of aliphatic hydroxyl groups excluding tert-OH is 1. The molecular formula is C15H13Cl4NO. The molecule has 0 aliphatic heterocycles. The van der Waals surface area contributed by atoms with Crippen molar-refractivity contribution < 1.29 is 5.11 Å². The lowest BCUT2D eigenvalue weighted by Crippen LogP contribution is -2.20. The first-order valence-electron chi connectivity index (χ1n) is 6.22. The van der Waals surface area contributed by atoms with Gasteiger partial charge in [-0.05, 0) is 35.9 Å². The number of nitrogens with two attached hydrogens (primary N) is 1. The average molecular weight is 365 g/mol. The van der Waals surface area contributed by atoms with Crippen LogP contribution in [0.15, 0.2) is 36.4 Å². The SMILES string of the molecule is NCC(c1ccc(Cl)c(Cl)c1)C(O)c1cc(Cl)ccc1Cl. The zero-order valence-electron chi connectivity index (χ0n) is 10.9. The van der Waals surface area contributed by atoms with Crippen molar-refractivity contribution in [2.45, 2.75) is 12.0 Å². The maximum atomic E-state index is 10.6. The molecule has 2 unspecified atom stereocenters. The van der Waals surface area contributed by atoms with Gasteiger partial charge in [0.2, 0.25) is 0 Å². The topological polar surface area (TPSA) is 46.2 Å². The Bertz CT molecular complexity index is 648. The molecule has 0 aromatic heterocycles. The summed E-state index contributed by atoms with van der Waals surface area (Å²) in [6.45, 7) is 0.224. The smallest absolute Gasteiger partial charge is 0.0885 e. The average Bonchev–Trinajstić information content (AvgIpc) is 2.46. The van der Waals surface area contributed by atoms with Crippen LogP contribution in [0.25, 0.3) is 0 Å². The summed E-state index contributed by atoms with van der Waals surface area (Å²) in [4.78, 5) is 0. The molecule has 0 saturated heterocycles. The van der Waals surface area contributed by atoms with Gasteiger partial charge in [0.05, 0.1) is 16.1 Å². The largest absolute Gasteiger partial charge is 0.388 e. The van der Waals surface area contributed by atoms with Crippen molar-refractivity contribution in [3.63, 3.8) is 0 Å². The Morgan fingerprint density at radius 2 is 1.57 bits per heavy atom. The van der Waals surface area contributed by atoms with Gasteiger partial charge >= 0.3 is 0 Å². The number of aliphatic hydroxyl groups is 1. The Kier molecular flexibility index (Phi) is 5.78. The highest BCUT2D eigenvalue weighted by Crippen LogP contribution is 2.37. The van der Waals surface area contributed by atoms with Crippen LogP contribution in [0.3, 0.4) is 0 Å². The van der Waals surface area contributed by atoms with E-state index in [4.69, 9.17) is 52.1 Å². The molecule has 3 N–H and O–H groups in total. The Morgan fingerprint density at radius 3 is 2.19 bits per heavy atom. The maximum absolute atomic E-state index is 10.6. The molecule has 2 aromatic carbocycles. The third kappa shape index (κ3) is 3.84. The molecule has 0 spiro atoms. The monoisotopic (exact) mass is 363 g/mol. The lowest BCUT2D eigenvalue weighted by atomic mass is 9.89. The molecule has 2 rings (SSSR count). The van der Waals surface area contributed by atoms with Gasteiger partial charge in [0.15, 0.2) is 0 Å². The van der Waals surface area contributed by atoms with Crippen LogP contribution in [0.4, 0.5) is 0 Å². The van der Waals surface area contributed by atoms with Crippen LogP contribution in [0, 0.1) is 0 Å². The van der Waals surface area contributed by atoms with E-state index in [2.05, 4.69) is 0 Å². The van der Waals surface area contributed by atoms with Gasteiger partial charge in [-0.3, -0.25) is 0 Å². The number of halogens is 4. The van der Waals surface area contributed by atoms with E-state index in [0.717, 1.165) is 5.56 Å². The minimum Gasteiger partial charge on any atom is -0.388 e. The van der Waals surface area contributed by atoms with Crippen LogP contribution in [0.5, 0.6) is 0 Å². The zero-order chi connectivity index (χ0) is 15.6. The molecule has 0 fully saturated rings. The van der Waals surface area contributed by atoms with Gasteiger partial charge in [-0.25, -0.2) is 0 Å². The summed E-state index contributed by atoms with van der Waals surface area (Å²) in [7, 11) is 0. The number of benzene rings is 2. The molecule has 2 nitrogen and oxygen atoms in total. The predicted octanol–water partition coefficient (Wildman–Crippen LogP) is 5.08. The summed E-state index contributed by atoms with van der Waals surface area (Å²) >= 11 is 24.0. The van der Waals surface area contributed by atoms with Crippen LogP contribution >= 0.6 is 46.4 Å². The summed E-state index contributed by atoms with van der Waals surface area (Å²) in [6, 6.07) is 10.1. The van der Waals surface area contributed by atoms with Crippen molar-refractivity contribution >= 4 is 46.4 Å². The lowest BCUT2D eigenvalue weighted by molar-refractivity contribution is 0.147. The minimum atomic E-state index is -0.890. The van der Waals surface area contributed by atoms with Crippen LogP contribution in [0.2, 0.25) is 20.1 Å². The van der Waals surface area contributed by atoms with E-state index < -0.39 is 6.10 Å². The highest BCUT2D eigenvalue weighted by atomic mass is 35.5. The Balaban J connectivity index is 2.40. The molecule has 0 amide bonds. The van der Waals surface area contributed by atoms with Crippen LogP contribution < -0.4 is 5.73 Å². The summed E-state index contributed by atoms with van der Waals surface area (Å²) in [6.07, 6.45) is -0.890. The zero-order valence-corrected chi connectivity index (χ0v) is 13.9. The summed E-state index contributed by atoms with van der Waals surface area (Å²) in [5, 5.41) is 12.4. The van der Waals surface area contributed by atoms with Crippen molar-refractivity contribution in [1.82, 2.24) is 0 Å². The normalized spacial score (nSPS) is 14.0. The van der Waals surface area contributed by atoms with Gasteiger partial charge in [-0.1, -0.05) is 52.5 Å². The van der Waals surface area contributed by atoms with Gasteiger partial charge in [-0.2, -0.15) is 0 Å². The van der Waals surface area contributed by atoms with E-state index in [1.807, 2.05) is 0 Å². The first kappa shape index (κ1) is 16.9. The number of hydrogen-bond donors (Lipinski definition) is 2. The third-order valence-electron chi connectivity index (χ3n) is 3.28.